The predicted molar refractivity (Wildman–Crippen MR) is 73.0 cm³/mol. The molecule has 0 rings (SSSR count). The second kappa shape index (κ2) is 25.6. The molecule has 0 aliphatic carbocycles. The van der Waals surface area contributed by atoms with Crippen molar-refractivity contribution in [2.45, 2.75) is 53.4 Å². The molecule has 0 atom stereocenters. The van der Waals surface area contributed by atoms with Gasteiger partial charge in [-0.05, 0) is 19.8 Å². The Kier molecular flexibility index (Phi) is 37.6. The first-order chi connectivity index (χ1) is 7.95. The maximum atomic E-state index is 8.40. The minimum absolute atomic E-state index is 0. The van der Waals surface area contributed by atoms with Gasteiger partial charge < -0.3 is 15.3 Å². The van der Waals surface area contributed by atoms with E-state index in [2.05, 4.69) is 13.8 Å². The van der Waals surface area contributed by atoms with Crippen LogP contribution >= 0.6 is 0 Å². The van der Waals surface area contributed by atoms with Crippen LogP contribution in [0.2, 0.25) is 0 Å². The molecule has 0 saturated heterocycles. The zero-order valence-electron chi connectivity index (χ0n) is 12.1. The van der Waals surface area contributed by atoms with E-state index in [1.165, 1.54) is 19.9 Å². The molecule has 0 aromatic rings. The van der Waals surface area contributed by atoms with Crippen LogP contribution in [-0.2, 0) is 21.7 Å². The molecule has 0 bridgehead atoms. The Bertz CT molecular complexity index is 168. The van der Waals surface area contributed by atoms with Crippen LogP contribution in [0, 0.1) is 0 Å². The van der Waals surface area contributed by atoms with Crippen molar-refractivity contribution < 1.29 is 41.8 Å². The minimum Gasteiger partial charge on any atom is -0.512 e. The van der Waals surface area contributed by atoms with Crippen LogP contribution < -0.4 is 0 Å². The number of aliphatic hydroxyl groups excluding tert-OH is 3. The van der Waals surface area contributed by atoms with Crippen LogP contribution in [0.4, 0.5) is 0 Å². The topological polar surface area (TPSA) is 82.1 Å². The van der Waals surface area contributed by atoms with Gasteiger partial charge in [-0.3, -0.25) is 4.79 Å². The first kappa shape index (κ1) is 26.4. The van der Waals surface area contributed by atoms with Crippen LogP contribution in [0.15, 0.2) is 11.8 Å². The maximum absolute atomic E-state index is 8.40. The third kappa shape index (κ3) is 56.7. The molecule has 4 N–H and O–H groups in total. The van der Waals surface area contributed by atoms with Gasteiger partial charge in [0, 0.05) is 34.9 Å². The Morgan fingerprint density at radius 1 is 1.00 bits per heavy atom. The second-order valence-corrected chi connectivity index (χ2v) is 3.58. The molecule has 0 spiro atoms. The van der Waals surface area contributed by atoms with Crippen LogP contribution in [0.5, 0.6) is 0 Å². The SMILES string of the molecule is CC(=[OH+])C=C(C)O.CCCCO.CCCCO.[Ti]. The van der Waals surface area contributed by atoms with Crippen molar-refractivity contribution in [1.29, 1.82) is 0 Å². The van der Waals surface area contributed by atoms with E-state index in [9.17, 15) is 0 Å². The first-order valence-electron chi connectivity index (χ1n) is 6.07. The summed E-state index contributed by atoms with van der Waals surface area (Å²) in [7, 11) is 0. The summed E-state index contributed by atoms with van der Waals surface area (Å²) in [5.74, 6) is 0.250. The summed E-state index contributed by atoms with van der Waals surface area (Å²) >= 11 is 0. The Morgan fingerprint density at radius 3 is 1.33 bits per heavy atom. The van der Waals surface area contributed by atoms with Crippen molar-refractivity contribution in [3.63, 3.8) is 0 Å². The van der Waals surface area contributed by atoms with Gasteiger partial charge >= 0.3 is 5.78 Å². The number of rotatable bonds is 5. The fourth-order valence-electron chi connectivity index (χ4n) is 0.619. The van der Waals surface area contributed by atoms with Crippen molar-refractivity contribution in [2.24, 2.45) is 0 Å². The van der Waals surface area contributed by atoms with Gasteiger partial charge in [0.15, 0.2) is 0 Å². The number of unbranched alkanes of at least 4 members (excludes halogenated alkanes) is 2. The molecule has 108 valence electrons. The minimum atomic E-state index is 0. The van der Waals surface area contributed by atoms with E-state index >= 15 is 0 Å². The van der Waals surface area contributed by atoms with Gasteiger partial charge in [0.2, 0.25) is 0 Å². The van der Waals surface area contributed by atoms with E-state index in [4.69, 9.17) is 20.1 Å². The van der Waals surface area contributed by atoms with Gasteiger partial charge in [0.05, 0.1) is 18.8 Å². The summed E-state index contributed by atoms with van der Waals surface area (Å²) in [4.78, 5) is 8.40. The van der Waals surface area contributed by atoms with Crippen molar-refractivity contribution in [3.05, 3.63) is 11.8 Å². The Morgan fingerprint density at radius 2 is 1.33 bits per heavy atom. The molecule has 18 heavy (non-hydrogen) atoms. The molecule has 0 heterocycles. The normalized spacial score (nSPS) is 9.11. The molecule has 4 nitrogen and oxygen atoms in total. The summed E-state index contributed by atoms with van der Waals surface area (Å²) in [5.41, 5.74) is 0. The summed E-state index contributed by atoms with van der Waals surface area (Å²) in [6, 6.07) is 0. The van der Waals surface area contributed by atoms with Gasteiger partial charge in [0.25, 0.3) is 0 Å². The van der Waals surface area contributed by atoms with E-state index in [1.807, 2.05) is 0 Å². The van der Waals surface area contributed by atoms with Crippen LogP contribution in [0.1, 0.15) is 53.4 Å². The molecular weight excluding hydrogens is 268 g/mol. The zero-order valence-corrected chi connectivity index (χ0v) is 13.7. The monoisotopic (exact) mass is 297 g/mol. The van der Waals surface area contributed by atoms with E-state index in [0.717, 1.165) is 25.7 Å². The summed E-state index contributed by atoms with van der Waals surface area (Å²) in [5, 5.41) is 24.5. The van der Waals surface area contributed by atoms with Gasteiger partial charge in [-0.15, -0.1) is 0 Å². The molecule has 0 saturated carbocycles. The number of hydrogen-bond donors (Lipinski definition) is 3. The fraction of sp³-hybridized carbons (Fsp3) is 0.769. The number of hydrogen-bond acceptors (Lipinski definition) is 3. The van der Waals surface area contributed by atoms with Gasteiger partial charge in [-0.25, -0.2) is 0 Å². The van der Waals surface area contributed by atoms with Gasteiger partial charge in [-0.2, -0.15) is 0 Å². The maximum Gasteiger partial charge on any atom is 0.316 e. The quantitative estimate of drug-likeness (QED) is 0.316. The van der Waals surface area contributed by atoms with Crippen molar-refractivity contribution in [1.82, 2.24) is 0 Å². The molecule has 0 unspecified atom stereocenters. The summed E-state index contributed by atoms with van der Waals surface area (Å²) < 4.78 is 0. The van der Waals surface area contributed by atoms with Crippen molar-refractivity contribution in [2.75, 3.05) is 13.2 Å². The fourth-order valence-corrected chi connectivity index (χ4v) is 0.619. The average molecular weight is 297 g/mol. The smallest absolute Gasteiger partial charge is 0.316 e. The molecular formula is C13H29O4Ti+. The van der Waals surface area contributed by atoms with E-state index in [-0.39, 0.29) is 33.3 Å². The Labute approximate surface area is 126 Å². The standard InChI is InChI=1S/C5H8O2.2C4H10O.Ti/c1-4(6)3-5(2)7;2*1-2-3-4-5;/h3,6H,1-2H3;2*5H,2-4H2,1H3;/p+1. The van der Waals surface area contributed by atoms with Crippen LogP contribution in [0.3, 0.4) is 0 Å². The van der Waals surface area contributed by atoms with Crippen molar-refractivity contribution in [3.8, 4) is 0 Å². The number of carbonyl (C=O) groups excluding carboxylic acids is 1. The molecule has 5 heteroatoms. The Balaban J connectivity index is -0.0000000813. The van der Waals surface area contributed by atoms with Gasteiger partial charge in [0.1, 0.15) is 0 Å². The second-order valence-electron chi connectivity index (χ2n) is 3.58. The van der Waals surface area contributed by atoms with E-state index in [1.54, 1.807) is 0 Å². The molecule has 0 aromatic carbocycles. The number of allylic oxidation sites excluding steroid dienone is 2. The third-order valence-corrected chi connectivity index (χ3v) is 1.44. The number of aliphatic hydroxyl groups is 3. The average Bonchev–Trinajstić information content (AvgIpc) is 2.19. The predicted octanol–water partition coefficient (Wildman–Crippen LogP) is 2.57. The molecule has 0 fully saturated rings. The Hall–Kier alpha value is -0.156. The summed E-state index contributed by atoms with van der Waals surface area (Å²) in [6.45, 7) is 7.79. The van der Waals surface area contributed by atoms with Crippen molar-refractivity contribution >= 4 is 5.78 Å². The summed E-state index contributed by atoms with van der Waals surface area (Å²) in [6.07, 6.45) is 5.35. The molecule has 0 radical (unpaired) electrons. The molecule has 0 aromatic heterocycles. The molecule has 0 aliphatic rings. The van der Waals surface area contributed by atoms with E-state index < -0.39 is 0 Å². The van der Waals surface area contributed by atoms with E-state index in [0.29, 0.717) is 13.2 Å². The molecule has 0 amide bonds. The molecule has 0 aliphatic heterocycles. The third-order valence-electron chi connectivity index (χ3n) is 1.44. The zero-order chi connectivity index (χ0) is 14.1. The van der Waals surface area contributed by atoms with Crippen LogP contribution in [-0.4, -0.2) is 39.1 Å². The number of ketones is 1. The largest absolute Gasteiger partial charge is 0.512 e. The van der Waals surface area contributed by atoms with Gasteiger partial charge in [-0.1, -0.05) is 26.7 Å². The van der Waals surface area contributed by atoms with Crippen LogP contribution in [0.25, 0.3) is 0 Å². The first-order valence-corrected chi connectivity index (χ1v) is 6.07.